The van der Waals surface area contributed by atoms with E-state index in [2.05, 4.69) is 11.1 Å². The van der Waals surface area contributed by atoms with Crippen LogP contribution < -0.4 is 4.90 Å². The molecule has 0 aliphatic heterocycles. The van der Waals surface area contributed by atoms with E-state index < -0.39 is 0 Å². The third kappa shape index (κ3) is 2.59. The highest BCUT2D eigenvalue weighted by Crippen LogP contribution is 2.33. The zero-order chi connectivity index (χ0) is 13.1. The van der Waals surface area contributed by atoms with E-state index in [1.54, 1.807) is 12.1 Å². The molecule has 0 N–H and O–H groups in total. The SMILES string of the molecule is CN(c1cccc(C#N)c1)c1nc(Cl)c(CCl)s1. The molecule has 92 valence electrons. The van der Waals surface area contributed by atoms with Crippen LogP contribution in [-0.4, -0.2) is 12.0 Å². The summed E-state index contributed by atoms with van der Waals surface area (Å²) in [4.78, 5) is 6.98. The van der Waals surface area contributed by atoms with Gasteiger partial charge in [-0.05, 0) is 18.2 Å². The quantitative estimate of drug-likeness (QED) is 0.798. The Kier molecular flexibility index (Phi) is 4.07. The second-order valence-corrected chi connectivity index (χ2v) is 5.25. The minimum absolute atomic E-state index is 0.350. The van der Waals surface area contributed by atoms with E-state index in [0.29, 0.717) is 16.6 Å². The Bertz CT molecular complexity index is 604. The van der Waals surface area contributed by atoms with Crippen molar-refractivity contribution in [2.24, 2.45) is 0 Å². The lowest BCUT2D eigenvalue weighted by Gasteiger charge is -2.15. The molecule has 3 nitrogen and oxygen atoms in total. The summed E-state index contributed by atoms with van der Waals surface area (Å²) in [7, 11) is 1.88. The average molecular weight is 298 g/mol. The summed E-state index contributed by atoms with van der Waals surface area (Å²) in [6.45, 7) is 0. The first-order valence-electron chi connectivity index (χ1n) is 5.10. The summed E-state index contributed by atoms with van der Waals surface area (Å²) in [6.07, 6.45) is 0. The van der Waals surface area contributed by atoms with Crippen molar-refractivity contribution in [3.63, 3.8) is 0 Å². The van der Waals surface area contributed by atoms with Crippen molar-refractivity contribution in [3.8, 4) is 6.07 Å². The maximum Gasteiger partial charge on any atom is 0.191 e. The number of aromatic nitrogens is 1. The maximum absolute atomic E-state index is 8.88. The first kappa shape index (κ1) is 13.2. The van der Waals surface area contributed by atoms with Crippen LogP contribution in [-0.2, 0) is 5.88 Å². The van der Waals surface area contributed by atoms with Crippen LogP contribution in [0.25, 0.3) is 0 Å². The molecule has 0 atom stereocenters. The van der Waals surface area contributed by atoms with Crippen molar-refractivity contribution in [1.29, 1.82) is 5.26 Å². The predicted molar refractivity (Wildman–Crippen MR) is 75.9 cm³/mol. The van der Waals surface area contributed by atoms with Gasteiger partial charge in [0, 0.05) is 12.7 Å². The zero-order valence-electron chi connectivity index (χ0n) is 9.52. The molecule has 0 fully saturated rings. The van der Waals surface area contributed by atoms with Crippen molar-refractivity contribution < 1.29 is 0 Å². The number of benzene rings is 1. The second-order valence-electron chi connectivity index (χ2n) is 3.57. The largest absolute Gasteiger partial charge is 0.321 e. The van der Waals surface area contributed by atoms with Gasteiger partial charge in [-0.2, -0.15) is 5.26 Å². The molecule has 0 radical (unpaired) electrons. The number of nitrogens with zero attached hydrogens (tertiary/aromatic N) is 3. The van der Waals surface area contributed by atoms with Crippen molar-refractivity contribution in [3.05, 3.63) is 39.9 Å². The molecule has 18 heavy (non-hydrogen) atoms. The number of rotatable bonds is 3. The summed E-state index contributed by atoms with van der Waals surface area (Å²) in [5.74, 6) is 0.350. The normalized spacial score (nSPS) is 10.1. The fourth-order valence-corrected chi connectivity index (χ4v) is 2.90. The molecular formula is C12H9Cl2N3S. The molecule has 0 aliphatic rings. The molecule has 0 bridgehead atoms. The van der Waals surface area contributed by atoms with Gasteiger partial charge in [0.1, 0.15) is 5.15 Å². The maximum atomic E-state index is 8.88. The van der Waals surface area contributed by atoms with E-state index >= 15 is 0 Å². The van der Waals surface area contributed by atoms with E-state index in [4.69, 9.17) is 28.5 Å². The summed E-state index contributed by atoms with van der Waals surface area (Å²) in [6, 6.07) is 9.42. The summed E-state index contributed by atoms with van der Waals surface area (Å²) < 4.78 is 0. The van der Waals surface area contributed by atoms with Crippen LogP contribution in [0.5, 0.6) is 0 Å². The third-order valence-corrected chi connectivity index (χ3v) is 4.39. The predicted octanol–water partition coefficient (Wildman–Crippen LogP) is 4.17. The van der Waals surface area contributed by atoms with Gasteiger partial charge >= 0.3 is 0 Å². The minimum atomic E-state index is 0.350. The Morgan fingerprint density at radius 3 is 2.89 bits per heavy atom. The van der Waals surface area contributed by atoms with Gasteiger partial charge in [0.25, 0.3) is 0 Å². The molecule has 0 aliphatic carbocycles. The molecule has 2 aromatic rings. The van der Waals surface area contributed by atoms with Crippen molar-refractivity contribution in [2.75, 3.05) is 11.9 Å². The molecule has 1 aromatic carbocycles. The van der Waals surface area contributed by atoms with E-state index in [1.165, 1.54) is 11.3 Å². The molecular weight excluding hydrogens is 289 g/mol. The molecule has 6 heteroatoms. The van der Waals surface area contributed by atoms with Crippen molar-refractivity contribution >= 4 is 45.4 Å². The van der Waals surface area contributed by atoms with E-state index in [0.717, 1.165) is 15.7 Å². The van der Waals surface area contributed by atoms with Crippen LogP contribution in [0.3, 0.4) is 0 Å². The summed E-state index contributed by atoms with van der Waals surface area (Å²) in [5.41, 5.74) is 1.50. The number of thiazole rings is 1. The van der Waals surface area contributed by atoms with Gasteiger partial charge in [-0.1, -0.05) is 29.0 Å². The standard InChI is InChI=1S/C12H9Cl2N3S/c1-17(9-4-2-3-8(5-9)7-15)12-16-11(14)10(6-13)18-12/h2-5H,6H2,1H3. The first-order valence-corrected chi connectivity index (χ1v) is 6.83. The Balaban J connectivity index is 2.35. The van der Waals surface area contributed by atoms with Gasteiger partial charge in [0.15, 0.2) is 5.13 Å². The number of alkyl halides is 1. The Labute approximate surface area is 119 Å². The average Bonchev–Trinajstić information content (AvgIpc) is 2.79. The lowest BCUT2D eigenvalue weighted by Crippen LogP contribution is -2.08. The smallest absolute Gasteiger partial charge is 0.191 e. The van der Waals surface area contributed by atoms with Gasteiger partial charge in [-0.3, -0.25) is 0 Å². The van der Waals surface area contributed by atoms with Crippen molar-refractivity contribution in [2.45, 2.75) is 5.88 Å². The number of nitriles is 1. The molecule has 0 saturated carbocycles. The number of anilines is 2. The molecule has 0 amide bonds. The molecule has 1 aromatic heterocycles. The topological polar surface area (TPSA) is 39.9 Å². The van der Waals surface area contributed by atoms with Crippen LogP contribution >= 0.6 is 34.5 Å². The first-order chi connectivity index (χ1) is 8.65. The van der Waals surface area contributed by atoms with Crippen LogP contribution in [0.1, 0.15) is 10.4 Å². The summed E-state index contributed by atoms with van der Waals surface area (Å²) in [5, 5.41) is 10.1. The van der Waals surface area contributed by atoms with Gasteiger partial charge in [0.05, 0.1) is 22.4 Å². The fourth-order valence-electron chi connectivity index (χ4n) is 1.44. The highest BCUT2D eigenvalue weighted by atomic mass is 35.5. The van der Waals surface area contributed by atoms with Crippen LogP contribution in [0.4, 0.5) is 10.8 Å². The fraction of sp³-hybridized carbons (Fsp3) is 0.167. The second kappa shape index (κ2) is 5.57. The van der Waals surface area contributed by atoms with Gasteiger partial charge in [-0.15, -0.1) is 11.6 Å². The van der Waals surface area contributed by atoms with Gasteiger partial charge in [0.2, 0.25) is 0 Å². The summed E-state index contributed by atoms with van der Waals surface area (Å²) >= 11 is 13.2. The van der Waals surface area contributed by atoms with Crippen LogP contribution in [0.15, 0.2) is 24.3 Å². The minimum Gasteiger partial charge on any atom is -0.321 e. The molecule has 0 unspecified atom stereocenters. The highest BCUT2D eigenvalue weighted by Gasteiger charge is 2.13. The third-order valence-electron chi connectivity index (χ3n) is 2.41. The lowest BCUT2D eigenvalue weighted by atomic mass is 10.2. The molecule has 0 spiro atoms. The van der Waals surface area contributed by atoms with E-state index in [1.807, 2.05) is 24.1 Å². The van der Waals surface area contributed by atoms with E-state index in [9.17, 15) is 0 Å². The monoisotopic (exact) mass is 297 g/mol. The molecule has 1 heterocycles. The number of hydrogen-bond acceptors (Lipinski definition) is 4. The zero-order valence-corrected chi connectivity index (χ0v) is 11.9. The highest BCUT2D eigenvalue weighted by molar-refractivity contribution is 7.16. The Morgan fingerprint density at radius 2 is 2.28 bits per heavy atom. The Morgan fingerprint density at radius 1 is 1.50 bits per heavy atom. The van der Waals surface area contributed by atoms with Gasteiger partial charge < -0.3 is 4.90 Å². The van der Waals surface area contributed by atoms with Crippen LogP contribution in [0.2, 0.25) is 5.15 Å². The van der Waals surface area contributed by atoms with Crippen LogP contribution in [0, 0.1) is 11.3 Å². The Hall–Kier alpha value is -1.28. The lowest BCUT2D eigenvalue weighted by molar-refractivity contribution is 1.17. The number of hydrogen-bond donors (Lipinski definition) is 0. The van der Waals surface area contributed by atoms with E-state index in [-0.39, 0.29) is 0 Å². The molecule has 0 saturated heterocycles. The molecule has 2 rings (SSSR count). The van der Waals surface area contributed by atoms with Crippen molar-refractivity contribution in [1.82, 2.24) is 4.98 Å². The number of halogens is 2. The van der Waals surface area contributed by atoms with Gasteiger partial charge in [-0.25, -0.2) is 4.98 Å².